The maximum absolute atomic E-state index is 13.8. The maximum Gasteiger partial charge on any atom is 0.223 e. The Morgan fingerprint density at radius 2 is 2.26 bits per heavy atom. The molecule has 2 aromatic rings. The minimum Gasteiger partial charge on any atom is -0.494 e. The Morgan fingerprint density at radius 1 is 1.48 bits per heavy atom. The number of ether oxygens (including phenoxy) is 1. The van der Waals surface area contributed by atoms with E-state index in [0.717, 1.165) is 5.56 Å². The summed E-state index contributed by atoms with van der Waals surface area (Å²) in [5.74, 6) is 1.41. The second kappa shape index (κ2) is 7.57. The van der Waals surface area contributed by atoms with Gasteiger partial charge >= 0.3 is 0 Å². The highest BCUT2D eigenvalue weighted by atomic mass is 19.1. The van der Waals surface area contributed by atoms with Gasteiger partial charge in [-0.15, -0.1) is 0 Å². The number of aromatic nitrogens is 2. The Balaban J connectivity index is 1.96. The first-order chi connectivity index (χ1) is 11.0. The second-order valence-corrected chi connectivity index (χ2v) is 4.92. The van der Waals surface area contributed by atoms with Crippen molar-refractivity contribution in [1.29, 1.82) is 0 Å². The lowest BCUT2D eigenvalue weighted by molar-refractivity contribution is 0.385. The van der Waals surface area contributed by atoms with E-state index in [2.05, 4.69) is 25.8 Å². The van der Waals surface area contributed by atoms with Gasteiger partial charge in [0.25, 0.3) is 0 Å². The number of rotatable bonds is 5. The van der Waals surface area contributed by atoms with Crippen LogP contribution in [0, 0.1) is 12.7 Å². The molecule has 0 radical (unpaired) electrons. The van der Waals surface area contributed by atoms with Crippen molar-refractivity contribution in [2.24, 2.45) is 4.99 Å². The first-order valence-electron chi connectivity index (χ1n) is 7.13. The average Bonchev–Trinajstić information content (AvgIpc) is 2.96. The maximum atomic E-state index is 13.8. The van der Waals surface area contributed by atoms with Crippen LogP contribution >= 0.6 is 0 Å². The highest BCUT2D eigenvalue weighted by Gasteiger charge is 2.12. The summed E-state index contributed by atoms with van der Waals surface area (Å²) in [6.45, 7) is 4.01. The minimum absolute atomic E-state index is 0.145. The van der Waals surface area contributed by atoms with Crippen LogP contribution in [0.15, 0.2) is 27.7 Å². The van der Waals surface area contributed by atoms with Crippen LogP contribution in [-0.4, -0.2) is 30.3 Å². The average molecular weight is 321 g/mol. The summed E-state index contributed by atoms with van der Waals surface area (Å²) >= 11 is 0. The van der Waals surface area contributed by atoms with Crippen LogP contribution in [0.4, 0.5) is 4.39 Å². The molecule has 7 nitrogen and oxygen atoms in total. The molecule has 8 heteroatoms. The lowest BCUT2D eigenvalue weighted by Gasteiger charge is -2.18. The molecule has 0 saturated heterocycles. The molecule has 1 atom stereocenters. The van der Waals surface area contributed by atoms with Gasteiger partial charge in [-0.05, 0) is 24.6 Å². The summed E-state index contributed by atoms with van der Waals surface area (Å²) in [4.78, 5) is 8.22. The highest BCUT2D eigenvalue weighted by molar-refractivity contribution is 5.80. The van der Waals surface area contributed by atoms with Gasteiger partial charge in [0, 0.05) is 14.0 Å². The van der Waals surface area contributed by atoms with Crippen LogP contribution in [0.1, 0.15) is 30.2 Å². The molecule has 2 N–H and O–H groups in total. The third-order valence-electron chi connectivity index (χ3n) is 3.24. The van der Waals surface area contributed by atoms with Crippen molar-refractivity contribution in [1.82, 2.24) is 20.8 Å². The number of methoxy groups -OCH3 is 1. The van der Waals surface area contributed by atoms with Gasteiger partial charge in [0.2, 0.25) is 5.89 Å². The first-order valence-corrected chi connectivity index (χ1v) is 7.13. The Hall–Kier alpha value is -2.64. The van der Waals surface area contributed by atoms with E-state index >= 15 is 0 Å². The van der Waals surface area contributed by atoms with Crippen LogP contribution in [-0.2, 0) is 6.54 Å². The molecule has 1 aromatic heterocycles. The van der Waals surface area contributed by atoms with E-state index in [4.69, 9.17) is 9.26 Å². The third-order valence-corrected chi connectivity index (χ3v) is 3.24. The zero-order valence-corrected chi connectivity index (χ0v) is 13.6. The third kappa shape index (κ3) is 4.41. The monoisotopic (exact) mass is 321 g/mol. The summed E-state index contributed by atoms with van der Waals surface area (Å²) in [7, 11) is 3.09. The molecule has 2 rings (SSSR count). The SMILES string of the molecule is CN=C(NCc1noc(C)n1)NC(C)c1ccc(OC)c(F)c1. The fourth-order valence-corrected chi connectivity index (χ4v) is 2.01. The van der Waals surface area contributed by atoms with Crippen LogP contribution in [0.3, 0.4) is 0 Å². The summed E-state index contributed by atoms with van der Waals surface area (Å²) in [5, 5.41) is 10.0. The molecule has 0 aliphatic carbocycles. The number of nitrogens with zero attached hydrogens (tertiary/aromatic N) is 3. The Labute approximate surface area is 134 Å². The number of halogens is 1. The molecular weight excluding hydrogens is 301 g/mol. The predicted octanol–water partition coefficient (Wildman–Crippen LogP) is 1.95. The van der Waals surface area contributed by atoms with Crippen LogP contribution in [0.25, 0.3) is 0 Å². The van der Waals surface area contributed by atoms with Crippen molar-refractivity contribution in [2.75, 3.05) is 14.2 Å². The number of aliphatic imine (C=N–C) groups is 1. The van der Waals surface area contributed by atoms with Crippen molar-refractivity contribution in [3.8, 4) is 5.75 Å². The van der Waals surface area contributed by atoms with E-state index in [1.807, 2.05) is 6.92 Å². The van der Waals surface area contributed by atoms with Gasteiger partial charge in [-0.25, -0.2) is 4.39 Å². The van der Waals surface area contributed by atoms with E-state index in [-0.39, 0.29) is 11.8 Å². The van der Waals surface area contributed by atoms with E-state index in [9.17, 15) is 4.39 Å². The number of nitrogens with one attached hydrogen (secondary N) is 2. The molecule has 0 fully saturated rings. The summed E-state index contributed by atoms with van der Waals surface area (Å²) < 4.78 is 23.6. The number of hydrogen-bond acceptors (Lipinski definition) is 5. The zero-order chi connectivity index (χ0) is 16.8. The van der Waals surface area contributed by atoms with Crippen LogP contribution in [0.2, 0.25) is 0 Å². The van der Waals surface area contributed by atoms with E-state index < -0.39 is 5.82 Å². The molecule has 1 aromatic carbocycles. The molecule has 0 aliphatic rings. The Kier molecular flexibility index (Phi) is 5.51. The quantitative estimate of drug-likeness (QED) is 0.647. The van der Waals surface area contributed by atoms with E-state index in [0.29, 0.717) is 24.2 Å². The van der Waals surface area contributed by atoms with Gasteiger partial charge in [-0.3, -0.25) is 4.99 Å². The molecule has 0 saturated carbocycles. The zero-order valence-electron chi connectivity index (χ0n) is 13.6. The van der Waals surface area contributed by atoms with Crippen molar-refractivity contribution >= 4 is 5.96 Å². The van der Waals surface area contributed by atoms with Crippen molar-refractivity contribution in [3.63, 3.8) is 0 Å². The number of aryl methyl sites for hydroxylation is 1. The number of hydrogen-bond donors (Lipinski definition) is 2. The molecular formula is C15H20FN5O2. The van der Waals surface area contributed by atoms with Crippen LogP contribution < -0.4 is 15.4 Å². The molecule has 0 bridgehead atoms. The molecule has 23 heavy (non-hydrogen) atoms. The number of guanidine groups is 1. The van der Waals surface area contributed by atoms with E-state index in [1.54, 1.807) is 26.1 Å². The topological polar surface area (TPSA) is 84.6 Å². The fourth-order valence-electron chi connectivity index (χ4n) is 2.01. The van der Waals surface area contributed by atoms with Crippen LogP contribution in [0.5, 0.6) is 5.75 Å². The van der Waals surface area contributed by atoms with Gasteiger partial charge in [-0.2, -0.15) is 4.98 Å². The first kappa shape index (κ1) is 16.7. The molecule has 124 valence electrons. The van der Waals surface area contributed by atoms with Gasteiger partial charge in [0.05, 0.1) is 19.7 Å². The Bertz CT molecular complexity index is 686. The second-order valence-electron chi connectivity index (χ2n) is 4.92. The minimum atomic E-state index is -0.399. The van der Waals surface area contributed by atoms with E-state index in [1.165, 1.54) is 13.2 Å². The molecule has 1 heterocycles. The molecule has 0 spiro atoms. The summed E-state index contributed by atoms with van der Waals surface area (Å²) in [5.41, 5.74) is 0.779. The molecule has 1 unspecified atom stereocenters. The normalized spacial score (nSPS) is 12.8. The van der Waals surface area contributed by atoms with Gasteiger partial charge < -0.3 is 19.9 Å². The van der Waals surface area contributed by atoms with Crippen molar-refractivity contribution < 1.29 is 13.7 Å². The van der Waals surface area contributed by atoms with Crippen molar-refractivity contribution in [2.45, 2.75) is 26.4 Å². The standard InChI is InChI=1S/C15H20FN5O2/c1-9(11-5-6-13(22-4)12(16)7-11)19-15(17-3)18-8-14-20-10(2)23-21-14/h5-7,9H,8H2,1-4H3,(H2,17,18,19). The number of benzene rings is 1. The van der Waals surface area contributed by atoms with Gasteiger partial charge in [-0.1, -0.05) is 11.2 Å². The summed E-state index contributed by atoms with van der Waals surface area (Å²) in [6.07, 6.45) is 0. The fraction of sp³-hybridized carbons (Fsp3) is 0.400. The lowest BCUT2D eigenvalue weighted by atomic mass is 10.1. The lowest BCUT2D eigenvalue weighted by Crippen LogP contribution is -2.38. The van der Waals surface area contributed by atoms with Gasteiger partial charge in [0.1, 0.15) is 0 Å². The molecule has 0 amide bonds. The summed E-state index contributed by atoms with van der Waals surface area (Å²) in [6, 6.07) is 4.69. The highest BCUT2D eigenvalue weighted by Crippen LogP contribution is 2.21. The smallest absolute Gasteiger partial charge is 0.223 e. The predicted molar refractivity (Wildman–Crippen MR) is 83.7 cm³/mol. The van der Waals surface area contributed by atoms with Gasteiger partial charge in [0.15, 0.2) is 23.4 Å². The Morgan fingerprint density at radius 3 is 2.83 bits per heavy atom. The largest absolute Gasteiger partial charge is 0.494 e. The van der Waals surface area contributed by atoms with Crippen molar-refractivity contribution in [3.05, 3.63) is 41.3 Å². The molecule has 0 aliphatic heterocycles.